The Hall–Kier alpha value is -2.14. The van der Waals surface area contributed by atoms with E-state index in [9.17, 15) is 0 Å². The summed E-state index contributed by atoms with van der Waals surface area (Å²) in [4.78, 5) is 4.10. The second kappa shape index (κ2) is 4.85. The van der Waals surface area contributed by atoms with E-state index in [-0.39, 0.29) is 0 Å². The van der Waals surface area contributed by atoms with Crippen molar-refractivity contribution in [3.63, 3.8) is 0 Å². The minimum atomic E-state index is 0.360. The number of nitrogen functional groups attached to an aromatic ring is 1. The summed E-state index contributed by atoms with van der Waals surface area (Å²) in [6, 6.07) is 11.6. The first-order valence-corrected chi connectivity index (χ1v) is 6.47. The van der Waals surface area contributed by atoms with E-state index in [1.807, 2.05) is 36.4 Å². The van der Waals surface area contributed by atoms with Crippen LogP contribution in [0, 0.1) is 0 Å². The molecule has 94 valence electrons. The van der Waals surface area contributed by atoms with Crippen LogP contribution in [0.2, 0.25) is 0 Å². The van der Waals surface area contributed by atoms with Gasteiger partial charge in [-0.2, -0.15) is 0 Å². The molecule has 0 aliphatic carbocycles. The molecule has 2 aromatic heterocycles. The van der Waals surface area contributed by atoms with Gasteiger partial charge in [0, 0.05) is 28.0 Å². The van der Waals surface area contributed by atoms with Crippen LogP contribution in [0.15, 0.2) is 57.8 Å². The molecule has 3 aromatic rings. The molecule has 0 unspecified atom stereocenters. The van der Waals surface area contributed by atoms with Crippen LogP contribution in [0.25, 0.3) is 22.5 Å². The molecule has 0 spiro atoms. The minimum Gasteiger partial charge on any atom is -0.380 e. The number of hydrogen-bond donors (Lipinski definition) is 1. The molecule has 2 N–H and O–H groups in total. The maximum atomic E-state index is 5.91. The van der Waals surface area contributed by atoms with Gasteiger partial charge in [-0.3, -0.25) is 4.98 Å². The van der Waals surface area contributed by atoms with Crippen LogP contribution in [-0.2, 0) is 0 Å². The summed E-state index contributed by atoms with van der Waals surface area (Å²) < 4.78 is 6.31. The molecule has 0 fully saturated rings. The van der Waals surface area contributed by atoms with Crippen molar-refractivity contribution in [2.45, 2.75) is 0 Å². The topological polar surface area (TPSA) is 64.9 Å². The molecule has 0 amide bonds. The number of halogens is 1. The third kappa shape index (κ3) is 2.13. The quantitative estimate of drug-likeness (QED) is 0.782. The molecule has 0 saturated heterocycles. The molecule has 0 atom stereocenters. The molecular weight excluding hydrogens is 306 g/mol. The number of benzene rings is 1. The van der Waals surface area contributed by atoms with Gasteiger partial charge in [0.2, 0.25) is 0 Å². The smallest absolute Gasteiger partial charge is 0.178 e. The van der Waals surface area contributed by atoms with E-state index in [1.54, 1.807) is 12.4 Å². The summed E-state index contributed by atoms with van der Waals surface area (Å²) in [5.41, 5.74) is 8.47. The van der Waals surface area contributed by atoms with Gasteiger partial charge in [-0.15, -0.1) is 0 Å². The largest absolute Gasteiger partial charge is 0.380 e. The summed E-state index contributed by atoms with van der Waals surface area (Å²) in [6.45, 7) is 0. The zero-order valence-corrected chi connectivity index (χ0v) is 11.5. The number of pyridine rings is 1. The molecule has 19 heavy (non-hydrogen) atoms. The Kier molecular flexibility index (Phi) is 3.05. The molecule has 0 aliphatic heterocycles. The second-order valence-corrected chi connectivity index (χ2v) is 4.85. The highest BCUT2D eigenvalue weighted by Gasteiger charge is 2.19. The van der Waals surface area contributed by atoms with Crippen molar-refractivity contribution in [2.75, 3.05) is 5.73 Å². The zero-order valence-electron chi connectivity index (χ0n) is 9.88. The first-order chi connectivity index (χ1) is 9.27. The number of aromatic nitrogens is 2. The molecular formula is C14H10BrN3O. The zero-order chi connectivity index (χ0) is 13.2. The number of anilines is 1. The standard InChI is InChI=1S/C14H10BrN3O/c15-11-6-2-1-5-10(11)13-12(14(16)18-19-13)9-4-3-7-17-8-9/h1-8H,(H2,16,18). The van der Waals surface area contributed by atoms with Crippen molar-refractivity contribution >= 4 is 21.7 Å². The Bertz CT molecular complexity index is 710. The Morgan fingerprint density at radius 3 is 2.68 bits per heavy atom. The highest BCUT2D eigenvalue weighted by molar-refractivity contribution is 9.10. The molecule has 4 nitrogen and oxygen atoms in total. The Balaban J connectivity index is 2.23. The molecule has 0 radical (unpaired) electrons. The van der Waals surface area contributed by atoms with E-state index in [0.29, 0.717) is 11.6 Å². The lowest BCUT2D eigenvalue weighted by Gasteiger charge is -2.04. The van der Waals surface area contributed by atoms with Crippen molar-refractivity contribution in [3.05, 3.63) is 53.3 Å². The van der Waals surface area contributed by atoms with Gasteiger partial charge in [0.05, 0.1) is 5.56 Å². The van der Waals surface area contributed by atoms with Gasteiger partial charge in [-0.1, -0.05) is 39.3 Å². The van der Waals surface area contributed by atoms with Crippen molar-refractivity contribution in [3.8, 4) is 22.5 Å². The lowest BCUT2D eigenvalue weighted by atomic mass is 10.0. The van der Waals surface area contributed by atoms with Gasteiger partial charge in [0.25, 0.3) is 0 Å². The number of hydrogen-bond acceptors (Lipinski definition) is 4. The Morgan fingerprint density at radius 1 is 1.11 bits per heavy atom. The monoisotopic (exact) mass is 315 g/mol. The van der Waals surface area contributed by atoms with Gasteiger partial charge in [0.1, 0.15) is 0 Å². The van der Waals surface area contributed by atoms with Gasteiger partial charge in [-0.25, -0.2) is 0 Å². The summed E-state index contributed by atoms with van der Waals surface area (Å²) in [6.07, 6.45) is 3.45. The maximum Gasteiger partial charge on any atom is 0.178 e. The van der Waals surface area contributed by atoms with Gasteiger partial charge in [-0.05, 0) is 18.2 Å². The van der Waals surface area contributed by atoms with Crippen molar-refractivity contribution in [1.29, 1.82) is 0 Å². The van der Waals surface area contributed by atoms with Gasteiger partial charge in [0.15, 0.2) is 11.6 Å². The Labute approximate surface area is 118 Å². The third-order valence-corrected chi connectivity index (χ3v) is 3.48. The number of rotatable bonds is 2. The van der Waals surface area contributed by atoms with E-state index < -0.39 is 0 Å². The molecule has 3 rings (SSSR count). The molecule has 0 bridgehead atoms. The van der Waals surface area contributed by atoms with Crippen LogP contribution in [0.1, 0.15) is 0 Å². The fourth-order valence-corrected chi connectivity index (χ4v) is 2.39. The SMILES string of the molecule is Nc1noc(-c2ccccc2Br)c1-c1cccnc1. The first-order valence-electron chi connectivity index (χ1n) is 5.68. The normalized spacial score (nSPS) is 10.6. The van der Waals surface area contributed by atoms with Crippen LogP contribution in [-0.4, -0.2) is 10.1 Å². The average Bonchev–Trinajstić information content (AvgIpc) is 2.82. The minimum absolute atomic E-state index is 0.360. The van der Waals surface area contributed by atoms with Crippen LogP contribution in [0.4, 0.5) is 5.82 Å². The van der Waals surface area contributed by atoms with E-state index in [4.69, 9.17) is 10.3 Å². The van der Waals surface area contributed by atoms with Crippen molar-refractivity contribution in [2.24, 2.45) is 0 Å². The van der Waals surface area contributed by atoms with E-state index >= 15 is 0 Å². The van der Waals surface area contributed by atoms with Crippen LogP contribution >= 0.6 is 15.9 Å². The van der Waals surface area contributed by atoms with Gasteiger partial charge < -0.3 is 10.3 Å². The highest BCUT2D eigenvalue weighted by Crippen LogP contribution is 2.38. The van der Waals surface area contributed by atoms with Crippen LogP contribution < -0.4 is 5.73 Å². The van der Waals surface area contributed by atoms with E-state index in [1.165, 1.54) is 0 Å². The first kappa shape index (κ1) is 11.9. The van der Waals surface area contributed by atoms with E-state index in [0.717, 1.165) is 21.2 Å². The summed E-state index contributed by atoms with van der Waals surface area (Å²) >= 11 is 3.50. The van der Waals surface area contributed by atoms with Crippen LogP contribution in [0.3, 0.4) is 0 Å². The average molecular weight is 316 g/mol. The predicted octanol–water partition coefficient (Wildman–Crippen LogP) is 3.75. The summed E-state index contributed by atoms with van der Waals surface area (Å²) in [7, 11) is 0. The van der Waals surface area contributed by atoms with E-state index in [2.05, 4.69) is 26.1 Å². The molecule has 1 aromatic carbocycles. The summed E-state index contributed by atoms with van der Waals surface area (Å²) in [5.74, 6) is 0.997. The molecule has 5 heteroatoms. The predicted molar refractivity (Wildman–Crippen MR) is 77.3 cm³/mol. The lowest BCUT2D eigenvalue weighted by Crippen LogP contribution is -1.89. The summed E-state index contributed by atoms with van der Waals surface area (Å²) in [5, 5.41) is 3.86. The molecule has 2 heterocycles. The van der Waals surface area contributed by atoms with Gasteiger partial charge >= 0.3 is 0 Å². The highest BCUT2D eigenvalue weighted by atomic mass is 79.9. The number of nitrogens with two attached hydrogens (primary N) is 1. The number of nitrogens with zero attached hydrogens (tertiary/aromatic N) is 2. The lowest BCUT2D eigenvalue weighted by molar-refractivity contribution is 0.436. The molecule has 0 aliphatic rings. The van der Waals surface area contributed by atoms with Crippen molar-refractivity contribution in [1.82, 2.24) is 10.1 Å². The third-order valence-electron chi connectivity index (χ3n) is 2.79. The fourth-order valence-electron chi connectivity index (χ4n) is 1.92. The second-order valence-electron chi connectivity index (χ2n) is 3.99. The maximum absolute atomic E-state index is 5.91. The van der Waals surface area contributed by atoms with Crippen LogP contribution in [0.5, 0.6) is 0 Å². The fraction of sp³-hybridized carbons (Fsp3) is 0. The molecule has 0 saturated carbocycles. The van der Waals surface area contributed by atoms with Crippen molar-refractivity contribution < 1.29 is 4.52 Å². The Morgan fingerprint density at radius 2 is 1.95 bits per heavy atom.